The van der Waals surface area contributed by atoms with Crippen LogP contribution in [-0.2, 0) is 14.2 Å². The lowest BCUT2D eigenvalue weighted by molar-refractivity contribution is 0.107. The lowest BCUT2D eigenvalue weighted by Gasteiger charge is -2.26. The highest BCUT2D eigenvalue weighted by Crippen LogP contribution is 1.96. The Hall–Kier alpha value is -0.200. The third-order valence-corrected chi connectivity index (χ3v) is 2.69. The van der Waals surface area contributed by atoms with E-state index in [4.69, 9.17) is 14.2 Å². The van der Waals surface area contributed by atoms with Crippen LogP contribution in [0.5, 0.6) is 0 Å². The first-order chi connectivity index (χ1) is 8.28. The van der Waals surface area contributed by atoms with Gasteiger partial charge < -0.3 is 19.5 Å². The highest BCUT2D eigenvalue weighted by molar-refractivity contribution is 4.70. The van der Waals surface area contributed by atoms with Crippen LogP contribution in [0.2, 0.25) is 0 Å². The Bertz CT molecular complexity index is 159. The third kappa shape index (κ3) is 9.50. The van der Waals surface area contributed by atoms with E-state index >= 15 is 0 Å². The molecule has 0 spiro atoms. The summed E-state index contributed by atoms with van der Waals surface area (Å²) in [5, 5.41) is 3.26. The van der Waals surface area contributed by atoms with E-state index in [9.17, 15) is 0 Å². The summed E-state index contributed by atoms with van der Waals surface area (Å²) in [5.74, 6) is 0. The molecule has 1 atom stereocenters. The molecule has 0 aromatic rings. The van der Waals surface area contributed by atoms with Gasteiger partial charge in [-0.05, 0) is 13.5 Å². The smallest absolute Gasteiger partial charge is 0.0628 e. The van der Waals surface area contributed by atoms with Gasteiger partial charge in [0.2, 0.25) is 0 Å². The summed E-state index contributed by atoms with van der Waals surface area (Å²) in [6.07, 6.45) is 1.05. The molecule has 5 heteroatoms. The largest absolute Gasteiger partial charge is 0.385 e. The van der Waals surface area contributed by atoms with Crippen LogP contribution in [0.15, 0.2) is 0 Å². The Labute approximate surface area is 105 Å². The van der Waals surface area contributed by atoms with Gasteiger partial charge in [0, 0.05) is 53.6 Å². The molecule has 0 radical (unpaired) electrons. The van der Waals surface area contributed by atoms with Crippen LogP contribution in [0, 0.1) is 0 Å². The Morgan fingerprint density at radius 3 is 2.24 bits per heavy atom. The second kappa shape index (κ2) is 12.3. The second-order valence-corrected chi connectivity index (χ2v) is 4.08. The topological polar surface area (TPSA) is 43.0 Å². The lowest BCUT2D eigenvalue weighted by Crippen LogP contribution is -2.43. The standard InChI is InChI=1S/C12H28N2O3/c1-13-12(11-17-4)10-14(7-9-16-3)6-5-8-15-2/h12-13H,5-11H2,1-4H3. The quantitative estimate of drug-likeness (QED) is 0.500. The van der Waals surface area contributed by atoms with Crippen LogP contribution in [0.4, 0.5) is 0 Å². The summed E-state index contributed by atoms with van der Waals surface area (Å²) in [7, 11) is 7.17. The van der Waals surface area contributed by atoms with Gasteiger partial charge in [0.05, 0.1) is 13.2 Å². The third-order valence-electron chi connectivity index (χ3n) is 2.69. The molecule has 17 heavy (non-hydrogen) atoms. The molecule has 0 heterocycles. The maximum absolute atomic E-state index is 5.18. The number of rotatable bonds is 12. The first-order valence-electron chi connectivity index (χ1n) is 6.14. The van der Waals surface area contributed by atoms with Crippen LogP contribution < -0.4 is 5.32 Å². The highest BCUT2D eigenvalue weighted by atomic mass is 16.5. The molecule has 1 N–H and O–H groups in total. The minimum Gasteiger partial charge on any atom is -0.385 e. The summed E-state index contributed by atoms with van der Waals surface area (Å²) in [5.41, 5.74) is 0. The Kier molecular flexibility index (Phi) is 12.1. The SMILES string of the molecule is CNC(COC)CN(CCCOC)CCOC. The molecule has 0 aliphatic heterocycles. The van der Waals surface area contributed by atoms with Crippen LogP contribution in [0.3, 0.4) is 0 Å². The monoisotopic (exact) mass is 248 g/mol. The van der Waals surface area contributed by atoms with Crippen molar-refractivity contribution in [1.82, 2.24) is 10.2 Å². The maximum Gasteiger partial charge on any atom is 0.0628 e. The van der Waals surface area contributed by atoms with Crippen LogP contribution in [0.1, 0.15) is 6.42 Å². The number of nitrogens with zero attached hydrogens (tertiary/aromatic N) is 1. The van der Waals surface area contributed by atoms with Crippen molar-refractivity contribution in [3.63, 3.8) is 0 Å². The van der Waals surface area contributed by atoms with E-state index in [-0.39, 0.29) is 0 Å². The van der Waals surface area contributed by atoms with Gasteiger partial charge in [-0.3, -0.25) is 4.90 Å². The zero-order valence-corrected chi connectivity index (χ0v) is 11.7. The molecular formula is C12H28N2O3. The van der Waals surface area contributed by atoms with E-state index in [0.29, 0.717) is 6.04 Å². The van der Waals surface area contributed by atoms with Crippen molar-refractivity contribution >= 4 is 0 Å². The zero-order valence-electron chi connectivity index (χ0n) is 11.7. The van der Waals surface area contributed by atoms with Gasteiger partial charge in [-0.15, -0.1) is 0 Å². The molecular weight excluding hydrogens is 220 g/mol. The van der Waals surface area contributed by atoms with Crippen molar-refractivity contribution in [3.8, 4) is 0 Å². The minimum absolute atomic E-state index is 0.361. The average molecular weight is 248 g/mol. The number of likely N-dealkylation sites (N-methyl/N-ethyl adjacent to an activating group) is 1. The van der Waals surface area contributed by atoms with Gasteiger partial charge in [0.25, 0.3) is 0 Å². The molecule has 0 bridgehead atoms. The van der Waals surface area contributed by atoms with Crippen molar-refractivity contribution < 1.29 is 14.2 Å². The van der Waals surface area contributed by atoms with Crippen molar-refractivity contribution in [3.05, 3.63) is 0 Å². The summed E-state index contributed by atoms with van der Waals surface area (Å²) >= 11 is 0. The van der Waals surface area contributed by atoms with Gasteiger partial charge in [0.15, 0.2) is 0 Å². The average Bonchev–Trinajstić information content (AvgIpc) is 2.35. The number of nitrogens with one attached hydrogen (secondary N) is 1. The summed E-state index contributed by atoms with van der Waals surface area (Å²) in [4.78, 5) is 2.38. The number of hydrogen-bond donors (Lipinski definition) is 1. The fourth-order valence-electron chi connectivity index (χ4n) is 1.69. The van der Waals surface area contributed by atoms with Gasteiger partial charge in [-0.1, -0.05) is 0 Å². The molecule has 1 unspecified atom stereocenters. The van der Waals surface area contributed by atoms with Crippen LogP contribution >= 0.6 is 0 Å². The summed E-state index contributed by atoms with van der Waals surface area (Å²) < 4.78 is 15.4. The van der Waals surface area contributed by atoms with Gasteiger partial charge >= 0.3 is 0 Å². The normalized spacial score (nSPS) is 13.2. The fraction of sp³-hybridized carbons (Fsp3) is 1.00. The molecule has 0 aromatic heterocycles. The molecule has 0 fully saturated rings. The van der Waals surface area contributed by atoms with Gasteiger partial charge in [-0.25, -0.2) is 0 Å². The highest BCUT2D eigenvalue weighted by Gasteiger charge is 2.12. The Balaban J connectivity index is 3.95. The molecule has 104 valence electrons. The molecule has 0 saturated heterocycles. The lowest BCUT2D eigenvalue weighted by atomic mass is 10.2. The van der Waals surface area contributed by atoms with Gasteiger partial charge in [-0.2, -0.15) is 0 Å². The molecule has 0 aliphatic rings. The van der Waals surface area contributed by atoms with Crippen molar-refractivity contribution in [1.29, 1.82) is 0 Å². The molecule has 0 rings (SSSR count). The van der Waals surface area contributed by atoms with E-state index < -0.39 is 0 Å². The predicted molar refractivity (Wildman–Crippen MR) is 69.5 cm³/mol. The van der Waals surface area contributed by atoms with Gasteiger partial charge in [0.1, 0.15) is 0 Å². The first-order valence-corrected chi connectivity index (χ1v) is 6.14. The van der Waals surface area contributed by atoms with E-state index in [1.807, 2.05) is 7.05 Å². The zero-order chi connectivity index (χ0) is 12.9. The number of hydrogen-bond acceptors (Lipinski definition) is 5. The Morgan fingerprint density at radius 2 is 1.71 bits per heavy atom. The Morgan fingerprint density at radius 1 is 1.00 bits per heavy atom. The minimum atomic E-state index is 0.361. The maximum atomic E-state index is 5.18. The molecule has 0 amide bonds. The first kappa shape index (κ1) is 16.8. The second-order valence-electron chi connectivity index (χ2n) is 4.08. The molecule has 0 aromatic carbocycles. The molecule has 0 saturated carbocycles. The van der Waals surface area contributed by atoms with E-state index in [1.54, 1.807) is 21.3 Å². The fourth-order valence-corrected chi connectivity index (χ4v) is 1.69. The van der Waals surface area contributed by atoms with E-state index in [1.165, 1.54) is 0 Å². The van der Waals surface area contributed by atoms with E-state index in [0.717, 1.165) is 45.9 Å². The van der Waals surface area contributed by atoms with Crippen LogP contribution in [0.25, 0.3) is 0 Å². The molecule has 0 aliphatic carbocycles. The van der Waals surface area contributed by atoms with Crippen molar-refractivity contribution in [2.75, 3.05) is 67.8 Å². The number of ether oxygens (including phenoxy) is 3. The van der Waals surface area contributed by atoms with E-state index in [2.05, 4.69) is 10.2 Å². The predicted octanol–water partition coefficient (Wildman–Crippen LogP) is 0.206. The van der Waals surface area contributed by atoms with Crippen LogP contribution in [-0.4, -0.2) is 78.8 Å². The number of methoxy groups -OCH3 is 3. The molecule has 5 nitrogen and oxygen atoms in total. The summed E-state index contributed by atoms with van der Waals surface area (Å²) in [6.45, 7) is 5.23. The van der Waals surface area contributed by atoms with Crippen molar-refractivity contribution in [2.24, 2.45) is 0 Å². The van der Waals surface area contributed by atoms with Crippen molar-refractivity contribution in [2.45, 2.75) is 12.5 Å². The summed E-state index contributed by atoms with van der Waals surface area (Å²) in [6, 6.07) is 0.361.